The first-order valence-electron chi connectivity index (χ1n) is 6.90. The van der Waals surface area contributed by atoms with Crippen LogP contribution in [0.15, 0.2) is 12.1 Å². The summed E-state index contributed by atoms with van der Waals surface area (Å²) in [7, 11) is 0. The molecule has 0 fully saturated rings. The lowest BCUT2D eigenvalue weighted by Crippen LogP contribution is -2.01. The smallest absolute Gasteiger partial charge is 0.335 e. The van der Waals surface area contributed by atoms with Gasteiger partial charge in [0.2, 0.25) is 0 Å². The van der Waals surface area contributed by atoms with E-state index in [1.54, 1.807) is 4.40 Å². The third-order valence-corrected chi connectivity index (χ3v) is 3.56. The molecule has 0 radical (unpaired) electrons. The molecule has 6 heteroatoms. The second kappa shape index (κ2) is 6.70. The van der Waals surface area contributed by atoms with Crippen molar-refractivity contribution in [1.29, 1.82) is 0 Å². The van der Waals surface area contributed by atoms with Gasteiger partial charge >= 0.3 is 5.97 Å². The molecule has 108 valence electrons. The van der Waals surface area contributed by atoms with Gasteiger partial charge < -0.3 is 5.11 Å². The zero-order valence-corrected chi connectivity index (χ0v) is 12.2. The summed E-state index contributed by atoms with van der Waals surface area (Å²) in [5.41, 5.74) is 0.614. The van der Waals surface area contributed by atoms with E-state index in [-0.39, 0.29) is 5.56 Å². The Morgan fingerprint density at radius 1 is 1.25 bits per heavy atom. The highest BCUT2D eigenvalue weighted by atomic mass is 35.5. The molecule has 0 bridgehead atoms. The van der Waals surface area contributed by atoms with Crippen LogP contribution in [-0.2, 0) is 6.42 Å². The molecule has 2 rings (SSSR count). The molecule has 0 spiro atoms. The average Bonchev–Trinajstić information content (AvgIpc) is 2.82. The third kappa shape index (κ3) is 3.28. The van der Waals surface area contributed by atoms with E-state index < -0.39 is 5.97 Å². The predicted molar refractivity (Wildman–Crippen MR) is 77.4 cm³/mol. The summed E-state index contributed by atoms with van der Waals surface area (Å²) < 4.78 is 1.72. The second-order valence-electron chi connectivity index (χ2n) is 4.85. The van der Waals surface area contributed by atoms with Crippen molar-refractivity contribution in [3.05, 3.63) is 28.7 Å². The highest BCUT2D eigenvalue weighted by Gasteiger charge is 2.13. The molecule has 2 aromatic rings. The molecule has 0 aliphatic carbocycles. The van der Waals surface area contributed by atoms with Crippen molar-refractivity contribution < 1.29 is 9.90 Å². The Morgan fingerprint density at radius 3 is 2.70 bits per heavy atom. The minimum Gasteiger partial charge on any atom is -0.478 e. The highest BCUT2D eigenvalue weighted by Crippen LogP contribution is 2.18. The molecule has 0 aliphatic heterocycles. The number of pyridine rings is 1. The lowest BCUT2D eigenvalue weighted by atomic mass is 10.1. The van der Waals surface area contributed by atoms with Crippen LogP contribution in [0.5, 0.6) is 0 Å². The summed E-state index contributed by atoms with van der Waals surface area (Å²) in [5.74, 6) is -0.225. The van der Waals surface area contributed by atoms with Gasteiger partial charge in [0.1, 0.15) is 11.0 Å². The van der Waals surface area contributed by atoms with E-state index in [2.05, 4.69) is 17.1 Å². The van der Waals surface area contributed by atoms with Crippen molar-refractivity contribution in [2.45, 2.75) is 45.4 Å². The van der Waals surface area contributed by atoms with Gasteiger partial charge in [-0.25, -0.2) is 4.79 Å². The molecule has 1 N–H and O–H groups in total. The van der Waals surface area contributed by atoms with Crippen LogP contribution in [0, 0.1) is 0 Å². The molecule has 0 saturated heterocycles. The van der Waals surface area contributed by atoms with Crippen molar-refractivity contribution in [2.24, 2.45) is 0 Å². The van der Waals surface area contributed by atoms with E-state index in [9.17, 15) is 4.79 Å². The summed E-state index contributed by atoms with van der Waals surface area (Å²) in [5, 5.41) is 17.4. The minimum atomic E-state index is -1.02. The lowest BCUT2D eigenvalue weighted by molar-refractivity contribution is 0.0697. The van der Waals surface area contributed by atoms with Gasteiger partial charge in [-0.1, -0.05) is 44.2 Å². The van der Waals surface area contributed by atoms with Gasteiger partial charge in [0, 0.05) is 6.42 Å². The number of aryl methyl sites for hydroxylation is 1. The fourth-order valence-corrected chi connectivity index (χ4v) is 2.50. The van der Waals surface area contributed by atoms with Crippen LogP contribution in [0.1, 0.15) is 55.2 Å². The van der Waals surface area contributed by atoms with Crippen molar-refractivity contribution in [1.82, 2.24) is 14.6 Å². The van der Waals surface area contributed by atoms with E-state index in [4.69, 9.17) is 16.7 Å². The molecule has 2 aromatic heterocycles. The quantitative estimate of drug-likeness (QED) is 0.626. The number of carbonyl (C=O) groups is 1. The van der Waals surface area contributed by atoms with Crippen LogP contribution in [-0.4, -0.2) is 25.7 Å². The summed E-state index contributed by atoms with van der Waals surface area (Å²) in [6, 6.07) is 2.92. The van der Waals surface area contributed by atoms with Crippen LogP contribution in [0.4, 0.5) is 0 Å². The Kier molecular flexibility index (Phi) is 4.95. The molecule has 2 heterocycles. The summed E-state index contributed by atoms with van der Waals surface area (Å²) >= 11 is 6.13. The first-order valence-corrected chi connectivity index (χ1v) is 7.28. The second-order valence-corrected chi connectivity index (χ2v) is 5.23. The van der Waals surface area contributed by atoms with Crippen molar-refractivity contribution in [3.63, 3.8) is 0 Å². The SMILES string of the molecule is CCCCCCCc1nnc2cc(C(=O)O)cc(Cl)n12. The molecule has 0 amide bonds. The number of hydrogen-bond acceptors (Lipinski definition) is 3. The van der Waals surface area contributed by atoms with E-state index >= 15 is 0 Å². The van der Waals surface area contributed by atoms with Crippen LogP contribution < -0.4 is 0 Å². The minimum absolute atomic E-state index is 0.129. The first kappa shape index (κ1) is 14.8. The van der Waals surface area contributed by atoms with Crippen LogP contribution in [0.25, 0.3) is 5.65 Å². The van der Waals surface area contributed by atoms with Crippen molar-refractivity contribution >= 4 is 23.2 Å². The van der Waals surface area contributed by atoms with Crippen LogP contribution >= 0.6 is 11.6 Å². The van der Waals surface area contributed by atoms with E-state index in [1.807, 2.05) is 0 Å². The van der Waals surface area contributed by atoms with Gasteiger partial charge in [0.25, 0.3) is 0 Å². The number of hydrogen-bond donors (Lipinski definition) is 1. The zero-order valence-electron chi connectivity index (χ0n) is 11.5. The number of unbranched alkanes of at least 4 members (excludes halogenated alkanes) is 4. The summed E-state index contributed by atoms with van der Waals surface area (Å²) in [4.78, 5) is 11.0. The van der Waals surface area contributed by atoms with Gasteiger partial charge in [0.05, 0.1) is 5.56 Å². The standard InChI is InChI=1S/C14H18ClN3O2/c1-2-3-4-5-6-7-12-16-17-13-9-10(14(19)20)8-11(15)18(12)13/h8-9H,2-7H2,1H3,(H,19,20). The van der Waals surface area contributed by atoms with E-state index in [1.165, 1.54) is 31.4 Å². The Morgan fingerprint density at radius 2 is 2.00 bits per heavy atom. The maximum Gasteiger partial charge on any atom is 0.335 e. The number of carboxylic acid groups (broad SMARTS) is 1. The van der Waals surface area contributed by atoms with Crippen molar-refractivity contribution in [3.8, 4) is 0 Å². The Bertz CT molecular complexity index is 610. The van der Waals surface area contributed by atoms with E-state index in [0.29, 0.717) is 10.8 Å². The normalized spacial score (nSPS) is 11.1. The number of aromatic carboxylic acids is 1. The number of nitrogens with zero attached hydrogens (tertiary/aromatic N) is 3. The third-order valence-electron chi connectivity index (χ3n) is 3.28. The van der Waals surface area contributed by atoms with E-state index in [0.717, 1.165) is 25.1 Å². The number of aromatic nitrogens is 3. The van der Waals surface area contributed by atoms with Crippen molar-refractivity contribution in [2.75, 3.05) is 0 Å². The van der Waals surface area contributed by atoms with Gasteiger partial charge in [0.15, 0.2) is 5.65 Å². The number of fused-ring (bicyclic) bond motifs is 1. The van der Waals surface area contributed by atoms with Crippen LogP contribution in [0.2, 0.25) is 5.15 Å². The molecule has 0 unspecified atom stereocenters. The summed E-state index contributed by atoms with van der Waals surface area (Å²) in [6.45, 7) is 2.19. The molecule has 0 aliphatic rings. The van der Waals surface area contributed by atoms with Gasteiger partial charge in [-0.15, -0.1) is 10.2 Å². The highest BCUT2D eigenvalue weighted by molar-refractivity contribution is 6.30. The largest absolute Gasteiger partial charge is 0.478 e. The summed E-state index contributed by atoms with van der Waals surface area (Å²) in [6.07, 6.45) is 6.70. The maximum absolute atomic E-state index is 11.0. The Labute approximate surface area is 122 Å². The number of halogens is 1. The fraction of sp³-hybridized carbons (Fsp3) is 0.500. The van der Waals surface area contributed by atoms with Crippen LogP contribution in [0.3, 0.4) is 0 Å². The predicted octanol–water partition coefficient (Wildman–Crippen LogP) is 3.59. The molecular weight excluding hydrogens is 278 g/mol. The maximum atomic E-state index is 11.0. The molecule has 20 heavy (non-hydrogen) atoms. The molecular formula is C14H18ClN3O2. The Balaban J connectivity index is 2.13. The topological polar surface area (TPSA) is 67.5 Å². The molecule has 5 nitrogen and oxygen atoms in total. The average molecular weight is 296 g/mol. The molecule has 0 saturated carbocycles. The number of carboxylic acids is 1. The fourth-order valence-electron chi connectivity index (χ4n) is 2.20. The Hall–Kier alpha value is -1.62. The van der Waals surface area contributed by atoms with Gasteiger partial charge in [-0.05, 0) is 18.6 Å². The van der Waals surface area contributed by atoms with Gasteiger partial charge in [-0.2, -0.15) is 0 Å². The number of rotatable bonds is 7. The molecule has 0 atom stereocenters. The zero-order chi connectivity index (χ0) is 14.5. The monoisotopic (exact) mass is 295 g/mol. The lowest BCUT2D eigenvalue weighted by Gasteiger charge is -2.04. The molecule has 0 aromatic carbocycles. The first-order chi connectivity index (χ1) is 9.63. The van der Waals surface area contributed by atoms with Gasteiger partial charge in [-0.3, -0.25) is 4.40 Å².